The largest absolute Gasteiger partial charge is 0.497 e. The molecule has 3 aromatic rings. The third-order valence-corrected chi connectivity index (χ3v) is 5.32. The Kier molecular flexibility index (Phi) is 8.71. The van der Waals surface area contributed by atoms with Crippen LogP contribution >= 0.6 is 0 Å². The molecule has 1 aromatic carbocycles. The van der Waals surface area contributed by atoms with Gasteiger partial charge in [0, 0.05) is 42.0 Å². The molecule has 1 aliphatic heterocycles. The van der Waals surface area contributed by atoms with E-state index in [1.165, 1.54) is 6.92 Å². The highest BCUT2D eigenvalue weighted by Gasteiger charge is 2.23. The SMILES string of the molecule is CC=O.COc1cccc(Nc2cc(-c3cncc(OC)c3)nc(C3CCCN(C)C3)n2)c1. The number of methoxy groups -OCH3 is 2. The van der Waals surface area contributed by atoms with Crippen molar-refractivity contribution in [1.82, 2.24) is 19.9 Å². The van der Waals surface area contributed by atoms with E-state index < -0.39 is 0 Å². The van der Waals surface area contributed by atoms with Crippen LogP contribution in [0.5, 0.6) is 11.5 Å². The zero-order valence-corrected chi connectivity index (χ0v) is 19.6. The van der Waals surface area contributed by atoms with Gasteiger partial charge >= 0.3 is 0 Å². The van der Waals surface area contributed by atoms with Gasteiger partial charge in [-0.25, -0.2) is 9.97 Å². The van der Waals surface area contributed by atoms with Crippen molar-refractivity contribution in [3.05, 3.63) is 54.6 Å². The van der Waals surface area contributed by atoms with Gasteiger partial charge < -0.3 is 24.5 Å². The molecule has 8 nitrogen and oxygen atoms in total. The minimum atomic E-state index is 0.299. The number of benzene rings is 1. The Morgan fingerprint density at radius 3 is 2.61 bits per heavy atom. The van der Waals surface area contributed by atoms with Crippen molar-refractivity contribution in [1.29, 1.82) is 0 Å². The maximum absolute atomic E-state index is 8.81. The molecule has 1 atom stereocenters. The first kappa shape index (κ1) is 24.1. The molecule has 1 fully saturated rings. The molecule has 1 unspecified atom stereocenters. The summed E-state index contributed by atoms with van der Waals surface area (Å²) in [5, 5.41) is 3.41. The minimum Gasteiger partial charge on any atom is -0.497 e. The van der Waals surface area contributed by atoms with Crippen LogP contribution in [0.2, 0.25) is 0 Å². The first-order valence-electron chi connectivity index (χ1n) is 10.9. The van der Waals surface area contributed by atoms with Crippen molar-refractivity contribution in [3.8, 4) is 22.8 Å². The van der Waals surface area contributed by atoms with Crippen molar-refractivity contribution in [2.75, 3.05) is 39.7 Å². The molecule has 3 heterocycles. The van der Waals surface area contributed by atoms with E-state index in [-0.39, 0.29) is 0 Å². The number of nitrogens with zero attached hydrogens (tertiary/aromatic N) is 4. The number of aromatic nitrogens is 3. The molecule has 1 aliphatic rings. The van der Waals surface area contributed by atoms with Gasteiger partial charge in [0.15, 0.2) is 0 Å². The molecule has 0 spiro atoms. The number of carbonyl (C=O) groups excluding carboxylic acids is 1. The number of ether oxygens (including phenoxy) is 2. The lowest BCUT2D eigenvalue weighted by Gasteiger charge is -2.29. The monoisotopic (exact) mass is 449 g/mol. The number of aldehydes is 1. The lowest BCUT2D eigenvalue weighted by atomic mass is 9.97. The number of hydrogen-bond acceptors (Lipinski definition) is 8. The van der Waals surface area contributed by atoms with Crippen LogP contribution in [-0.2, 0) is 4.79 Å². The molecule has 4 rings (SSSR count). The molecular weight excluding hydrogens is 418 g/mol. The predicted octanol–water partition coefficient (Wildman–Crippen LogP) is 4.31. The normalized spacial score (nSPS) is 15.7. The number of carbonyl (C=O) groups is 1. The lowest BCUT2D eigenvalue weighted by Crippen LogP contribution is -2.31. The summed E-state index contributed by atoms with van der Waals surface area (Å²) >= 11 is 0. The smallest absolute Gasteiger partial charge is 0.137 e. The topological polar surface area (TPSA) is 89.5 Å². The fourth-order valence-electron chi connectivity index (χ4n) is 3.76. The summed E-state index contributed by atoms with van der Waals surface area (Å²) < 4.78 is 10.7. The molecule has 8 heteroatoms. The van der Waals surface area contributed by atoms with Crippen LogP contribution in [0.25, 0.3) is 11.3 Å². The fourth-order valence-corrected chi connectivity index (χ4v) is 3.76. The predicted molar refractivity (Wildman–Crippen MR) is 129 cm³/mol. The summed E-state index contributed by atoms with van der Waals surface area (Å²) in [6.45, 7) is 3.52. The van der Waals surface area contributed by atoms with E-state index in [0.29, 0.717) is 11.7 Å². The number of anilines is 2. The number of likely N-dealkylation sites (tertiary alicyclic amines) is 1. The molecule has 2 aromatic heterocycles. The van der Waals surface area contributed by atoms with E-state index in [1.54, 1.807) is 26.6 Å². The van der Waals surface area contributed by atoms with Gasteiger partial charge in [-0.15, -0.1) is 0 Å². The van der Waals surface area contributed by atoms with E-state index in [9.17, 15) is 0 Å². The second kappa shape index (κ2) is 11.9. The van der Waals surface area contributed by atoms with Crippen molar-refractivity contribution in [2.45, 2.75) is 25.7 Å². The van der Waals surface area contributed by atoms with Crippen LogP contribution in [0.4, 0.5) is 11.5 Å². The van der Waals surface area contributed by atoms with Crippen molar-refractivity contribution in [2.24, 2.45) is 0 Å². The standard InChI is InChI=1S/C23H27N5O2.C2H4O/c1-28-9-5-6-16(15-28)23-26-21(17-10-20(30-3)14-24-13-17)12-22(27-23)25-18-7-4-8-19(11-18)29-2;1-2-3/h4,7-8,10-14,16H,5-6,9,15H2,1-3H3,(H,25,26,27);2H,1H3. The van der Waals surface area contributed by atoms with Gasteiger partial charge in [0.1, 0.15) is 29.4 Å². The number of pyridine rings is 1. The van der Waals surface area contributed by atoms with Crippen LogP contribution in [0, 0.1) is 0 Å². The minimum absolute atomic E-state index is 0.299. The van der Waals surface area contributed by atoms with E-state index >= 15 is 0 Å². The average Bonchev–Trinajstić information content (AvgIpc) is 2.84. The highest BCUT2D eigenvalue weighted by atomic mass is 16.5. The highest BCUT2D eigenvalue weighted by Crippen LogP contribution is 2.30. The number of rotatable bonds is 6. The molecule has 0 aliphatic carbocycles. The summed E-state index contributed by atoms with van der Waals surface area (Å²) in [5.41, 5.74) is 2.63. The van der Waals surface area contributed by atoms with Crippen LogP contribution in [-0.4, -0.2) is 60.5 Å². The van der Waals surface area contributed by atoms with Gasteiger partial charge in [-0.2, -0.15) is 0 Å². The number of hydrogen-bond donors (Lipinski definition) is 1. The molecule has 1 N–H and O–H groups in total. The van der Waals surface area contributed by atoms with Crippen LogP contribution in [0.3, 0.4) is 0 Å². The Morgan fingerprint density at radius 1 is 1.09 bits per heavy atom. The zero-order chi connectivity index (χ0) is 23.6. The Bertz CT molecular complexity index is 1060. The first-order valence-corrected chi connectivity index (χ1v) is 10.9. The van der Waals surface area contributed by atoms with Crippen molar-refractivity contribution in [3.63, 3.8) is 0 Å². The summed E-state index contributed by atoms with van der Waals surface area (Å²) in [6, 6.07) is 11.7. The molecule has 0 saturated carbocycles. The van der Waals surface area contributed by atoms with E-state index in [2.05, 4.69) is 22.2 Å². The second-order valence-corrected chi connectivity index (χ2v) is 7.80. The summed E-state index contributed by atoms with van der Waals surface area (Å²) in [7, 11) is 5.45. The molecule has 1 saturated heterocycles. The second-order valence-electron chi connectivity index (χ2n) is 7.80. The quantitative estimate of drug-likeness (QED) is 0.557. The summed E-state index contributed by atoms with van der Waals surface area (Å²) in [4.78, 5) is 25.2. The van der Waals surface area contributed by atoms with E-state index in [1.807, 2.05) is 36.4 Å². The molecule has 33 heavy (non-hydrogen) atoms. The van der Waals surface area contributed by atoms with Crippen molar-refractivity contribution >= 4 is 17.8 Å². The summed E-state index contributed by atoms with van der Waals surface area (Å²) in [5.74, 6) is 3.40. The van der Waals surface area contributed by atoms with Gasteiger partial charge in [-0.05, 0) is 51.6 Å². The van der Waals surface area contributed by atoms with E-state index in [0.717, 1.165) is 66.6 Å². The Hall–Kier alpha value is -3.52. The van der Waals surface area contributed by atoms with Crippen molar-refractivity contribution < 1.29 is 14.3 Å². The molecular formula is C25H31N5O3. The number of nitrogens with one attached hydrogen (secondary N) is 1. The zero-order valence-electron chi connectivity index (χ0n) is 19.6. The highest BCUT2D eigenvalue weighted by molar-refractivity contribution is 5.66. The van der Waals surface area contributed by atoms with Gasteiger partial charge in [0.2, 0.25) is 0 Å². The maximum atomic E-state index is 8.81. The molecule has 0 amide bonds. The maximum Gasteiger partial charge on any atom is 0.137 e. The van der Waals surface area contributed by atoms with Gasteiger partial charge in [-0.3, -0.25) is 4.98 Å². The number of likely N-dealkylation sites (N-methyl/N-ethyl adjacent to an activating group) is 1. The van der Waals surface area contributed by atoms with Gasteiger partial charge in [-0.1, -0.05) is 6.07 Å². The molecule has 0 bridgehead atoms. The molecule has 174 valence electrons. The Labute approximate surface area is 195 Å². The van der Waals surface area contributed by atoms with Gasteiger partial charge in [0.05, 0.1) is 26.1 Å². The first-order chi connectivity index (χ1) is 16.1. The summed E-state index contributed by atoms with van der Waals surface area (Å²) in [6.07, 6.45) is 6.48. The van der Waals surface area contributed by atoms with Gasteiger partial charge in [0.25, 0.3) is 0 Å². The van der Waals surface area contributed by atoms with E-state index in [4.69, 9.17) is 24.2 Å². The molecule has 0 radical (unpaired) electrons. The average molecular weight is 450 g/mol. The van der Waals surface area contributed by atoms with Crippen LogP contribution in [0.15, 0.2) is 48.8 Å². The Balaban J connectivity index is 0.000000968. The lowest BCUT2D eigenvalue weighted by molar-refractivity contribution is -0.106. The fraction of sp³-hybridized carbons (Fsp3) is 0.360. The van der Waals surface area contributed by atoms with Crippen LogP contribution in [0.1, 0.15) is 31.5 Å². The third kappa shape index (κ3) is 6.73. The number of piperidine rings is 1. The van der Waals surface area contributed by atoms with Crippen LogP contribution < -0.4 is 14.8 Å². The Morgan fingerprint density at radius 2 is 1.88 bits per heavy atom. The third-order valence-electron chi connectivity index (χ3n) is 5.32.